The Morgan fingerprint density at radius 3 is 2.53 bits per heavy atom. The van der Waals surface area contributed by atoms with Crippen molar-refractivity contribution in [1.29, 1.82) is 0 Å². The lowest BCUT2D eigenvalue weighted by Gasteiger charge is -2.30. The smallest absolute Gasteiger partial charge is 0.303 e. The number of nitrogens with zero attached hydrogens (tertiary/aromatic N) is 2. The molecule has 2 atom stereocenters. The van der Waals surface area contributed by atoms with Crippen molar-refractivity contribution in [2.45, 2.75) is 45.7 Å². The average molecular weight is 242 g/mol. The van der Waals surface area contributed by atoms with Gasteiger partial charge in [-0.2, -0.15) is 0 Å². The molecule has 1 fully saturated rings. The predicted octanol–water partition coefficient (Wildman–Crippen LogP) is 1.51. The number of hydrogen-bond donors (Lipinski definition) is 1. The molecule has 0 aliphatic carbocycles. The highest BCUT2D eigenvalue weighted by atomic mass is 16.4. The van der Waals surface area contributed by atoms with E-state index in [1.807, 2.05) is 0 Å². The molecule has 1 aliphatic rings. The van der Waals surface area contributed by atoms with Crippen LogP contribution >= 0.6 is 0 Å². The number of carbonyl (C=O) groups is 1. The molecule has 0 spiro atoms. The van der Waals surface area contributed by atoms with Crippen LogP contribution in [0.3, 0.4) is 0 Å². The molecule has 0 aromatic rings. The van der Waals surface area contributed by atoms with Gasteiger partial charge in [-0.05, 0) is 33.2 Å². The van der Waals surface area contributed by atoms with Crippen molar-refractivity contribution in [3.63, 3.8) is 0 Å². The first-order valence-corrected chi connectivity index (χ1v) is 6.56. The molecule has 17 heavy (non-hydrogen) atoms. The Balaban J connectivity index is 2.62. The minimum absolute atomic E-state index is 0.273. The van der Waals surface area contributed by atoms with Crippen LogP contribution < -0.4 is 0 Å². The van der Waals surface area contributed by atoms with Crippen LogP contribution in [0.15, 0.2) is 0 Å². The van der Waals surface area contributed by atoms with Gasteiger partial charge in [0.15, 0.2) is 0 Å². The van der Waals surface area contributed by atoms with Gasteiger partial charge in [-0.1, -0.05) is 6.92 Å². The zero-order valence-corrected chi connectivity index (χ0v) is 11.5. The van der Waals surface area contributed by atoms with Gasteiger partial charge in [0.2, 0.25) is 0 Å². The van der Waals surface area contributed by atoms with Crippen molar-refractivity contribution in [1.82, 2.24) is 9.80 Å². The summed E-state index contributed by atoms with van der Waals surface area (Å²) in [5.74, 6) is -0.0379. The molecule has 1 saturated heterocycles. The minimum atomic E-state index is -0.688. The third-order valence-corrected chi connectivity index (χ3v) is 3.64. The Hall–Kier alpha value is -0.610. The Bertz CT molecular complexity index is 256. The second-order valence-corrected chi connectivity index (χ2v) is 5.68. The monoisotopic (exact) mass is 242 g/mol. The van der Waals surface area contributed by atoms with Crippen LogP contribution in [0.1, 0.15) is 33.6 Å². The van der Waals surface area contributed by atoms with Crippen molar-refractivity contribution in [3.8, 4) is 0 Å². The summed E-state index contributed by atoms with van der Waals surface area (Å²) in [6, 6.07) is 0.912. The number of hydrogen-bond acceptors (Lipinski definition) is 3. The number of carboxylic acids is 1. The van der Waals surface area contributed by atoms with Gasteiger partial charge in [-0.15, -0.1) is 0 Å². The molecule has 0 bridgehead atoms. The second-order valence-electron chi connectivity index (χ2n) is 5.68. The van der Waals surface area contributed by atoms with Crippen molar-refractivity contribution < 1.29 is 9.90 Å². The lowest BCUT2D eigenvalue weighted by atomic mass is 10.1. The SMILES string of the molecule is CC1CN(C)C(CCC(=O)O)CN(C(C)C)C1. The van der Waals surface area contributed by atoms with Gasteiger partial charge in [0, 0.05) is 38.1 Å². The highest BCUT2D eigenvalue weighted by Crippen LogP contribution is 2.17. The fourth-order valence-corrected chi connectivity index (χ4v) is 2.61. The van der Waals surface area contributed by atoms with Crippen LogP contribution in [0.5, 0.6) is 0 Å². The summed E-state index contributed by atoms with van der Waals surface area (Å²) >= 11 is 0. The molecule has 1 heterocycles. The first-order valence-electron chi connectivity index (χ1n) is 6.56. The molecular weight excluding hydrogens is 216 g/mol. The predicted molar refractivity (Wildman–Crippen MR) is 69.2 cm³/mol. The maximum Gasteiger partial charge on any atom is 0.303 e. The molecule has 1 rings (SSSR count). The van der Waals surface area contributed by atoms with E-state index >= 15 is 0 Å². The topological polar surface area (TPSA) is 43.8 Å². The van der Waals surface area contributed by atoms with E-state index in [2.05, 4.69) is 37.6 Å². The summed E-state index contributed by atoms with van der Waals surface area (Å²) in [6.07, 6.45) is 1.02. The standard InChI is InChI=1S/C13H26N2O2/c1-10(2)15-8-11(3)7-14(4)12(9-15)5-6-13(16)17/h10-12H,5-9H2,1-4H3,(H,16,17). The largest absolute Gasteiger partial charge is 0.481 e. The Morgan fingerprint density at radius 2 is 2.00 bits per heavy atom. The molecule has 0 aromatic carbocycles. The second kappa shape index (κ2) is 6.36. The molecule has 4 heteroatoms. The Kier molecular flexibility index (Phi) is 5.40. The summed E-state index contributed by atoms with van der Waals surface area (Å²) in [5, 5.41) is 8.80. The van der Waals surface area contributed by atoms with Gasteiger partial charge < -0.3 is 10.0 Å². The number of rotatable bonds is 4. The van der Waals surface area contributed by atoms with E-state index in [1.54, 1.807) is 0 Å². The van der Waals surface area contributed by atoms with Crippen molar-refractivity contribution >= 4 is 5.97 Å². The number of aliphatic carboxylic acids is 1. The maximum absolute atomic E-state index is 10.7. The van der Waals surface area contributed by atoms with E-state index in [-0.39, 0.29) is 6.42 Å². The molecular formula is C13H26N2O2. The molecule has 1 N–H and O–H groups in total. The molecule has 0 saturated carbocycles. The van der Waals surface area contributed by atoms with Crippen LogP contribution in [0, 0.1) is 5.92 Å². The van der Waals surface area contributed by atoms with Gasteiger partial charge in [-0.3, -0.25) is 9.69 Å². The maximum atomic E-state index is 10.7. The fourth-order valence-electron chi connectivity index (χ4n) is 2.61. The minimum Gasteiger partial charge on any atom is -0.481 e. The van der Waals surface area contributed by atoms with Gasteiger partial charge in [0.1, 0.15) is 0 Å². The molecule has 0 amide bonds. The summed E-state index contributed by atoms with van der Waals surface area (Å²) in [5.41, 5.74) is 0. The van der Waals surface area contributed by atoms with Crippen LogP contribution in [-0.2, 0) is 4.79 Å². The lowest BCUT2D eigenvalue weighted by molar-refractivity contribution is -0.137. The van der Waals surface area contributed by atoms with Crippen LogP contribution in [0.4, 0.5) is 0 Å². The highest BCUT2D eigenvalue weighted by Gasteiger charge is 2.27. The van der Waals surface area contributed by atoms with Crippen molar-refractivity contribution in [3.05, 3.63) is 0 Å². The Morgan fingerprint density at radius 1 is 1.35 bits per heavy atom. The molecule has 2 unspecified atom stereocenters. The third-order valence-electron chi connectivity index (χ3n) is 3.64. The van der Waals surface area contributed by atoms with E-state index in [9.17, 15) is 4.79 Å². The number of carboxylic acid groups (broad SMARTS) is 1. The zero-order chi connectivity index (χ0) is 13.0. The van der Waals surface area contributed by atoms with Crippen LogP contribution in [0.25, 0.3) is 0 Å². The van der Waals surface area contributed by atoms with Gasteiger partial charge in [0.25, 0.3) is 0 Å². The van der Waals surface area contributed by atoms with Crippen LogP contribution in [0.2, 0.25) is 0 Å². The molecule has 0 aromatic heterocycles. The lowest BCUT2D eigenvalue weighted by Crippen LogP contribution is -2.41. The first kappa shape index (κ1) is 14.5. The van der Waals surface area contributed by atoms with Crippen molar-refractivity contribution in [2.75, 3.05) is 26.7 Å². The van der Waals surface area contributed by atoms with E-state index < -0.39 is 5.97 Å². The highest BCUT2D eigenvalue weighted by molar-refractivity contribution is 5.66. The van der Waals surface area contributed by atoms with E-state index in [0.717, 1.165) is 26.1 Å². The molecule has 1 aliphatic heterocycles. The van der Waals surface area contributed by atoms with E-state index in [0.29, 0.717) is 18.0 Å². The van der Waals surface area contributed by atoms with Crippen LogP contribution in [-0.4, -0.2) is 59.6 Å². The van der Waals surface area contributed by atoms with E-state index in [4.69, 9.17) is 5.11 Å². The zero-order valence-electron chi connectivity index (χ0n) is 11.5. The van der Waals surface area contributed by atoms with Gasteiger partial charge in [0.05, 0.1) is 0 Å². The normalized spacial score (nSPS) is 28.3. The summed E-state index contributed by atoms with van der Waals surface area (Å²) in [4.78, 5) is 15.5. The number of likely N-dealkylation sites (N-methyl/N-ethyl adjacent to an activating group) is 1. The fraction of sp³-hybridized carbons (Fsp3) is 0.923. The van der Waals surface area contributed by atoms with E-state index in [1.165, 1.54) is 0 Å². The molecule has 4 nitrogen and oxygen atoms in total. The molecule has 0 radical (unpaired) electrons. The quantitative estimate of drug-likeness (QED) is 0.811. The summed E-state index contributed by atoms with van der Waals surface area (Å²) in [7, 11) is 2.12. The third kappa shape index (κ3) is 4.64. The molecule has 100 valence electrons. The summed E-state index contributed by atoms with van der Waals surface area (Å²) < 4.78 is 0. The van der Waals surface area contributed by atoms with Gasteiger partial charge in [-0.25, -0.2) is 0 Å². The first-order chi connectivity index (χ1) is 7.90. The van der Waals surface area contributed by atoms with Gasteiger partial charge >= 0.3 is 5.97 Å². The Labute approximate surface area is 105 Å². The van der Waals surface area contributed by atoms with Crippen molar-refractivity contribution in [2.24, 2.45) is 5.92 Å². The average Bonchev–Trinajstić information content (AvgIpc) is 2.34. The summed E-state index contributed by atoms with van der Waals surface area (Å²) in [6.45, 7) is 9.87.